The predicted octanol–water partition coefficient (Wildman–Crippen LogP) is 5.01. The van der Waals surface area contributed by atoms with Crippen LogP contribution in [0.15, 0.2) is 30.3 Å². The standard InChI is InChI=1S/C19H22ClNO3/c1-5-9-24-18-15(20)10-14(11-16(18)23-4)19(22)21-17-12(2)7-6-8-13(17)3/h6-8,10-11H,5,9H2,1-4H3,(H,21,22). The molecule has 0 aliphatic carbocycles. The van der Waals surface area contributed by atoms with Gasteiger partial charge >= 0.3 is 0 Å². The number of hydrogen-bond acceptors (Lipinski definition) is 3. The minimum absolute atomic E-state index is 0.241. The quantitative estimate of drug-likeness (QED) is 0.799. The van der Waals surface area contributed by atoms with Crippen LogP contribution in [0.3, 0.4) is 0 Å². The number of aryl methyl sites for hydroxylation is 2. The van der Waals surface area contributed by atoms with Crippen LogP contribution in [0.25, 0.3) is 0 Å². The van der Waals surface area contributed by atoms with Crippen LogP contribution in [0.4, 0.5) is 5.69 Å². The fourth-order valence-electron chi connectivity index (χ4n) is 2.39. The van der Waals surface area contributed by atoms with Crippen molar-refractivity contribution < 1.29 is 14.3 Å². The highest BCUT2D eigenvalue weighted by Crippen LogP contribution is 2.36. The fourth-order valence-corrected chi connectivity index (χ4v) is 2.66. The Morgan fingerprint density at radius 2 is 1.88 bits per heavy atom. The minimum Gasteiger partial charge on any atom is -0.493 e. The molecule has 0 saturated heterocycles. The Bertz CT molecular complexity index is 723. The molecule has 2 aromatic rings. The molecule has 0 spiro atoms. The number of para-hydroxylation sites is 1. The number of rotatable bonds is 6. The highest BCUT2D eigenvalue weighted by molar-refractivity contribution is 6.32. The molecule has 2 aromatic carbocycles. The van der Waals surface area contributed by atoms with E-state index in [-0.39, 0.29) is 5.91 Å². The Balaban J connectivity index is 2.31. The molecule has 0 radical (unpaired) electrons. The number of nitrogens with one attached hydrogen (secondary N) is 1. The van der Waals surface area contributed by atoms with Crippen molar-refractivity contribution in [3.63, 3.8) is 0 Å². The third-order valence-electron chi connectivity index (χ3n) is 3.66. The van der Waals surface area contributed by atoms with Crippen molar-refractivity contribution in [2.45, 2.75) is 27.2 Å². The number of amides is 1. The predicted molar refractivity (Wildman–Crippen MR) is 97.7 cm³/mol. The molecule has 0 bridgehead atoms. The Kier molecular flexibility index (Phi) is 6.10. The van der Waals surface area contributed by atoms with Gasteiger partial charge in [0.1, 0.15) is 0 Å². The lowest BCUT2D eigenvalue weighted by atomic mass is 10.1. The first-order valence-electron chi connectivity index (χ1n) is 7.85. The van der Waals surface area contributed by atoms with Gasteiger partial charge < -0.3 is 14.8 Å². The van der Waals surface area contributed by atoms with E-state index in [1.807, 2.05) is 39.0 Å². The van der Waals surface area contributed by atoms with Gasteiger partial charge in [-0.25, -0.2) is 0 Å². The largest absolute Gasteiger partial charge is 0.493 e. The van der Waals surface area contributed by atoms with Crippen molar-refractivity contribution in [3.8, 4) is 11.5 Å². The molecule has 2 rings (SSSR count). The molecule has 128 valence electrons. The molecular formula is C19H22ClNO3. The molecule has 0 aliphatic heterocycles. The Labute approximate surface area is 147 Å². The molecule has 0 atom stereocenters. The Morgan fingerprint density at radius 1 is 1.21 bits per heavy atom. The van der Waals surface area contributed by atoms with Gasteiger partial charge in [-0.05, 0) is 43.5 Å². The van der Waals surface area contributed by atoms with Crippen molar-refractivity contribution in [1.82, 2.24) is 0 Å². The van der Waals surface area contributed by atoms with Gasteiger partial charge in [0, 0.05) is 11.3 Å². The summed E-state index contributed by atoms with van der Waals surface area (Å²) < 4.78 is 10.9. The SMILES string of the molecule is CCCOc1c(Cl)cc(C(=O)Nc2c(C)cccc2C)cc1OC. The molecule has 24 heavy (non-hydrogen) atoms. The molecule has 0 heterocycles. The normalized spacial score (nSPS) is 10.4. The molecule has 0 saturated carbocycles. The lowest BCUT2D eigenvalue weighted by Crippen LogP contribution is -2.14. The third-order valence-corrected chi connectivity index (χ3v) is 3.94. The molecule has 0 aromatic heterocycles. The third kappa shape index (κ3) is 4.01. The van der Waals surface area contributed by atoms with Crippen molar-refractivity contribution in [2.75, 3.05) is 19.0 Å². The summed E-state index contributed by atoms with van der Waals surface area (Å²) in [5, 5.41) is 3.30. The summed E-state index contributed by atoms with van der Waals surface area (Å²) in [7, 11) is 1.53. The van der Waals surface area contributed by atoms with Crippen LogP contribution in [0.5, 0.6) is 11.5 Å². The monoisotopic (exact) mass is 347 g/mol. The number of anilines is 1. The smallest absolute Gasteiger partial charge is 0.255 e. The van der Waals surface area contributed by atoms with Crippen molar-refractivity contribution in [2.24, 2.45) is 0 Å². The summed E-state index contributed by atoms with van der Waals surface area (Å²) in [6.45, 7) is 6.45. The van der Waals surface area contributed by atoms with Crippen molar-refractivity contribution in [1.29, 1.82) is 0 Å². The summed E-state index contributed by atoms with van der Waals surface area (Å²) in [5.41, 5.74) is 3.24. The lowest BCUT2D eigenvalue weighted by Gasteiger charge is -2.15. The van der Waals surface area contributed by atoms with Crippen LogP contribution in [0, 0.1) is 13.8 Å². The van der Waals surface area contributed by atoms with E-state index in [4.69, 9.17) is 21.1 Å². The Hall–Kier alpha value is -2.20. The Morgan fingerprint density at radius 3 is 2.46 bits per heavy atom. The molecule has 1 N–H and O–H groups in total. The van der Waals surface area contributed by atoms with Gasteiger partial charge in [0.25, 0.3) is 5.91 Å². The first kappa shape index (κ1) is 18.1. The van der Waals surface area contributed by atoms with Crippen molar-refractivity contribution >= 4 is 23.2 Å². The molecule has 4 nitrogen and oxygen atoms in total. The molecule has 5 heteroatoms. The van der Waals surface area contributed by atoms with E-state index in [0.717, 1.165) is 23.2 Å². The summed E-state index contributed by atoms with van der Waals surface area (Å²) in [5.74, 6) is 0.668. The highest BCUT2D eigenvalue weighted by atomic mass is 35.5. The van der Waals surface area contributed by atoms with Gasteiger partial charge in [0.15, 0.2) is 11.5 Å². The van der Waals surface area contributed by atoms with Crippen LogP contribution >= 0.6 is 11.6 Å². The highest BCUT2D eigenvalue weighted by Gasteiger charge is 2.17. The van der Waals surface area contributed by atoms with Crippen molar-refractivity contribution in [3.05, 3.63) is 52.0 Å². The van der Waals surface area contributed by atoms with E-state index >= 15 is 0 Å². The minimum atomic E-state index is -0.241. The maximum absolute atomic E-state index is 12.6. The van der Waals surface area contributed by atoms with Crippen LogP contribution in [-0.4, -0.2) is 19.6 Å². The second-order valence-corrected chi connectivity index (χ2v) is 5.97. The van der Waals surface area contributed by atoms with E-state index in [1.165, 1.54) is 7.11 Å². The zero-order valence-electron chi connectivity index (χ0n) is 14.4. The molecule has 0 aliphatic rings. The first-order chi connectivity index (χ1) is 11.5. The van der Waals surface area contributed by atoms with E-state index < -0.39 is 0 Å². The topological polar surface area (TPSA) is 47.6 Å². The van der Waals surface area contributed by atoms with Gasteiger partial charge in [-0.2, -0.15) is 0 Å². The van der Waals surface area contributed by atoms with E-state index in [9.17, 15) is 4.79 Å². The number of benzene rings is 2. The van der Waals surface area contributed by atoms with E-state index in [2.05, 4.69) is 5.32 Å². The number of carbonyl (C=O) groups excluding carboxylic acids is 1. The summed E-state index contributed by atoms with van der Waals surface area (Å²) in [6.07, 6.45) is 0.855. The first-order valence-corrected chi connectivity index (χ1v) is 8.23. The number of halogens is 1. The number of ether oxygens (including phenoxy) is 2. The average Bonchev–Trinajstić information content (AvgIpc) is 2.56. The van der Waals surface area contributed by atoms with Crippen LogP contribution in [0.1, 0.15) is 34.8 Å². The zero-order chi connectivity index (χ0) is 17.7. The number of carbonyl (C=O) groups is 1. The molecule has 0 fully saturated rings. The number of hydrogen-bond donors (Lipinski definition) is 1. The maximum Gasteiger partial charge on any atom is 0.255 e. The zero-order valence-corrected chi connectivity index (χ0v) is 15.2. The summed E-state index contributed by atoms with van der Waals surface area (Å²) in [6, 6.07) is 9.10. The van der Waals surface area contributed by atoms with Crippen LogP contribution in [-0.2, 0) is 0 Å². The fraction of sp³-hybridized carbons (Fsp3) is 0.316. The second kappa shape index (κ2) is 8.06. The molecule has 0 unspecified atom stereocenters. The van der Waals surface area contributed by atoms with Gasteiger partial charge in [-0.1, -0.05) is 36.7 Å². The van der Waals surface area contributed by atoms with E-state index in [0.29, 0.717) is 28.7 Å². The number of methoxy groups -OCH3 is 1. The molecular weight excluding hydrogens is 326 g/mol. The second-order valence-electron chi connectivity index (χ2n) is 5.56. The summed E-state index contributed by atoms with van der Waals surface area (Å²) in [4.78, 5) is 12.6. The van der Waals surface area contributed by atoms with E-state index in [1.54, 1.807) is 12.1 Å². The summed E-state index contributed by atoms with van der Waals surface area (Å²) >= 11 is 6.27. The van der Waals surface area contributed by atoms with Gasteiger partial charge in [-0.3, -0.25) is 4.79 Å². The van der Waals surface area contributed by atoms with Gasteiger partial charge in [-0.15, -0.1) is 0 Å². The van der Waals surface area contributed by atoms with Gasteiger partial charge in [0.2, 0.25) is 0 Å². The van der Waals surface area contributed by atoms with Crippen LogP contribution < -0.4 is 14.8 Å². The average molecular weight is 348 g/mol. The maximum atomic E-state index is 12.6. The molecule has 1 amide bonds. The lowest BCUT2D eigenvalue weighted by molar-refractivity contribution is 0.102. The van der Waals surface area contributed by atoms with Crippen LogP contribution in [0.2, 0.25) is 5.02 Å². The van der Waals surface area contributed by atoms with Gasteiger partial charge in [0.05, 0.1) is 18.7 Å².